The molecule has 2 N–H and O–H groups in total. The summed E-state index contributed by atoms with van der Waals surface area (Å²) in [6.45, 7) is 5.45. The molecule has 0 radical (unpaired) electrons. The van der Waals surface area contributed by atoms with E-state index in [1.165, 1.54) is 7.05 Å². The molecule has 0 aromatic rings. The van der Waals surface area contributed by atoms with Crippen LogP contribution in [-0.2, 0) is 4.79 Å². The SMILES string of the molecule is CC(=O)N1CCN(C)CC1.CN. The van der Waals surface area contributed by atoms with Gasteiger partial charge in [-0.05, 0) is 14.1 Å². The Labute approximate surface area is 74.3 Å². The van der Waals surface area contributed by atoms with Gasteiger partial charge in [0.2, 0.25) is 5.91 Å². The Hall–Kier alpha value is -0.610. The lowest BCUT2D eigenvalue weighted by atomic mass is 10.3. The lowest BCUT2D eigenvalue weighted by Gasteiger charge is -2.31. The summed E-state index contributed by atoms with van der Waals surface area (Å²) >= 11 is 0. The van der Waals surface area contributed by atoms with Crippen LogP contribution in [0.5, 0.6) is 0 Å². The second-order valence-electron chi connectivity index (χ2n) is 2.81. The largest absolute Gasteiger partial charge is 0.340 e. The molecule has 0 bridgehead atoms. The van der Waals surface area contributed by atoms with Crippen molar-refractivity contribution >= 4 is 5.91 Å². The van der Waals surface area contributed by atoms with Crippen molar-refractivity contribution in [3.05, 3.63) is 0 Å². The summed E-state index contributed by atoms with van der Waals surface area (Å²) in [6, 6.07) is 0. The maximum Gasteiger partial charge on any atom is 0.219 e. The summed E-state index contributed by atoms with van der Waals surface area (Å²) in [6.07, 6.45) is 0. The van der Waals surface area contributed by atoms with Crippen LogP contribution in [0.1, 0.15) is 6.92 Å². The van der Waals surface area contributed by atoms with E-state index < -0.39 is 0 Å². The fourth-order valence-corrected chi connectivity index (χ4v) is 1.12. The Morgan fingerprint density at radius 1 is 1.17 bits per heavy atom. The molecule has 1 amide bonds. The summed E-state index contributed by atoms with van der Waals surface area (Å²) < 4.78 is 0. The molecule has 0 saturated carbocycles. The third-order valence-corrected chi connectivity index (χ3v) is 1.95. The van der Waals surface area contributed by atoms with Crippen molar-refractivity contribution in [2.24, 2.45) is 5.73 Å². The maximum absolute atomic E-state index is 10.8. The molecular formula is C8H19N3O. The predicted octanol–water partition coefficient (Wildman–Crippen LogP) is -0.645. The summed E-state index contributed by atoms with van der Waals surface area (Å²) in [5.74, 6) is 0.202. The highest BCUT2D eigenvalue weighted by Gasteiger charge is 2.14. The van der Waals surface area contributed by atoms with Crippen molar-refractivity contribution in [3.8, 4) is 0 Å². The minimum Gasteiger partial charge on any atom is -0.340 e. The number of nitrogens with two attached hydrogens (primary N) is 1. The number of carbonyl (C=O) groups excluding carboxylic acids is 1. The van der Waals surface area contributed by atoms with Gasteiger partial charge in [0.25, 0.3) is 0 Å². The number of rotatable bonds is 0. The van der Waals surface area contributed by atoms with E-state index in [1.807, 2.05) is 4.90 Å². The maximum atomic E-state index is 10.8. The van der Waals surface area contributed by atoms with Crippen LogP contribution < -0.4 is 5.73 Å². The first kappa shape index (κ1) is 11.4. The number of likely N-dealkylation sites (N-methyl/N-ethyl adjacent to an activating group) is 1. The molecule has 1 aliphatic rings. The van der Waals surface area contributed by atoms with Gasteiger partial charge in [0.05, 0.1) is 0 Å². The van der Waals surface area contributed by atoms with Gasteiger partial charge in [0.1, 0.15) is 0 Å². The molecular weight excluding hydrogens is 154 g/mol. The van der Waals surface area contributed by atoms with Crippen LogP contribution in [0.2, 0.25) is 0 Å². The third-order valence-electron chi connectivity index (χ3n) is 1.95. The van der Waals surface area contributed by atoms with Crippen molar-refractivity contribution in [2.45, 2.75) is 6.92 Å². The lowest BCUT2D eigenvalue weighted by Crippen LogP contribution is -2.46. The normalized spacial score (nSPS) is 18.2. The molecule has 1 aliphatic heterocycles. The molecule has 1 fully saturated rings. The van der Waals surface area contributed by atoms with Crippen molar-refractivity contribution in [1.82, 2.24) is 9.80 Å². The molecule has 1 heterocycles. The first-order valence-electron chi connectivity index (χ1n) is 4.22. The zero-order chi connectivity index (χ0) is 9.56. The van der Waals surface area contributed by atoms with Gasteiger partial charge in [-0.15, -0.1) is 0 Å². The highest BCUT2D eigenvalue weighted by molar-refractivity contribution is 5.73. The van der Waals surface area contributed by atoms with Gasteiger partial charge in [-0.2, -0.15) is 0 Å². The first-order valence-corrected chi connectivity index (χ1v) is 4.22. The first-order chi connectivity index (χ1) is 5.70. The van der Waals surface area contributed by atoms with Crippen LogP contribution in [0.4, 0.5) is 0 Å². The monoisotopic (exact) mass is 173 g/mol. The number of hydrogen-bond donors (Lipinski definition) is 1. The van der Waals surface area contributed by atoms with Crippen molar-refractivity contribution in [3.63, 3.8) is 0 Å². The lowest BCUT2D eigenvalue weighted by molar-refractivity contribution is -0.130. The number of hydrogen-bond acceptors (Lipinski definition) is 3. The van der Waals surface area contributed by atoms with Crippen LogP contribution in [0, 0.1) is 0 Å². The molecule has 1 rings (SSSR count). The molecule has 72 valence electrons. The van der Waals surface area contributed by atoms with E-state index in [0.29, 0.717) is 0 Å². The van der Waals surface area contributed by atoms with Crippen LogP contribution in [0.3, 0.4) is 0 Å². The van der Waals surface area contributed by atoms with E-state index >= 15 is 0 Å². The molecule has 1 saturated heterocycles. The minimum absolute atomic E-state index is 0.202. The zero-order valence-corrected chi connectivity index (χ0v) is 8.21. The number of piperazine rings is 1. The molecule has 0 aromatic carbocycles. The van der Waals surface area contributed by atoms with Crippen molar-refractivity contribution in [2.75, 3.05) is 40.3 Å². The molecule has 0 unspecified atom stereocenters. The average molecular weight is 173 g/mol. The van der Waals surface area contributed by atoms with E-state index in [0.717, 1.165) is 26.2 Å². The number of carbonyl (C=O) groups is 1. The molecule has 12 heavy (non-hydrogen) atoms. The third kappa shape index (κ3) is 3.69. The second-order valence-corrected chi connectivity index (χ2v) is 2.81. The summed E-state index contributed by atoms with van der Waals surface area (Å²) in [5, 5.41) is 0. The smallest absolute Gasteiger partial charge is 0.219 e. The summed E-state index contributed by atoms with van der Waals surface area (Å²) in [5.41, 5.74) is 4.50. The fourth-order valence-electron chi connectivity index (χ4n) is 1.12. The van der Waals surface area contributed by atoms with Gasteiger partial charge >= 0.3 is 0 Å². The van der Waals surface area contributed by atoms with E-state index in [-0.39, 0.29) is 5.91 Å². The Morgan fingerprint density at radius 3 is 1.92 bits per heavy atom. The van der Waals surface area contributed by atoms with E-state index in [9.17, 15) is 4.79 Å². The summed E-state index contributed by atoms with van der Waals surface area (Å²) in [7, 11) is 3.58. The van der Waals surface area contributed by atoms with Crippen LogP contribution in [0.25, 0.3) is 0 Å². The molecule has 4 heteroatoms. The molecule has 0 spiro atoms. The van der Waals surface area contributed by atoms with Crippen LogP contribution in [0.15, 0.2) is 0 Å². The summed E-state index contributed by atoms with van der Waals surface area (Å²) in [4.78, 5) is 14.9. The number of amides is 1. The van der Waals surface area contributed by atoms with Gasteiger partial charge in [0.15, 0.2) is 0 Å². The molecule has 0 aromatic heterocycles. The average Bonchev–Trinajstić information content (AvgIpc) is 2.09. The molecule has 4 nitrogen and oxygen atoms in total. The fraction of sp³-hybridized carbons (Fsp3) is 0.875. The topological polar surface area (TPSA) is 49.6 Å². The van der Waals surface area contributed by atoms with Gasteiger partial charge in [0, 0.05) is 33.1 Å². The molecule has 0 atom stereocenters. The van der Waals surface area contributed by atoms with Gasteiger partial charge in [-0.3, -0.25) is 4.79 Å². The minimum atomic E-state index is 0.202. The van der Waals surface area contributed by atoms with E-state index in [4.69, 9.17) is 0 Å². The molecule has 0 aliphatic carbocycles. The Balaban J connectivity index is 0.000000561. The predicted molar refractivity (Wildman–Crippen MR) is 49.9 cm³/mol. The van der Waals surface area contributed by atoms with Gasteiger partial charge < -0.3 is 15.5 Å². The van der Waals surface area contributed by atoms with E-state index in [1.54, 1.807) is 6.92 Å². The van der Waals surface area contributed by atoms with E-state index in [2.05, 4.69) is 17.7 Å². The Morgan fingerprint density at radius 2 is 1.58 bits per heavy atom. The van der Waals surface area contributed by atoms with Crippen molar-refractivity contribution < 1.29 is 4.79 Å². The Bertz CT molecular complexity index is 130. The standard InChI is InChI=1S/C7H14N2O.CH5N/c1-7(10)9-5-3-8(2)4-6-9;1-2/h3-6H2,1-2H3;2H2,1H3. The highest BCUT2D eigenvalue weighted by Crippen LogP contribution is 1.98. The second kappa shape index (κ2) is 5.97. The van der Waals surface area contributed by atoms with Gasteiger partial charge in [-0.25, -0.2) is 0 Å². The Kier molecular flexibility index (Phi) is 5.66. The van der Waals surface area contributed by atoms with Crippen LogP contribution >= 0.6 is 0 Å². The van der Waals surface area contributed by atoms with Gasteiger partial charge in [-0.1, -0.05) is 0 Å². The van der Waals surface area contributed by atoms with Crippen molar-refractivity contribution in [1.29, 1.82) is 0 Å². The number of nitrogens with zero attached hydrogens (tertiary/aromatic N) is 2. The quantitative estimate of drug-likeness (QED) is 0.530. The zero-order valence-electron chi connectivity index (χ0n) is 8.21. The highest BCUT2D eigenvalue weighted by atomic mass is 16.2. The van der Waals surface area contributed by atoms with Crippen LogP contribution in [-0.4, -0.2) is 56.0 Å².